The van der Waals surface area contributed by atoms with Gasteiger partial charge in [0.1, 0.15) is 5.82 Å². The molecule has 5 nitrogen and oxygen atoms in total. The van der Waals surface area contributed by atoms with Gasteiger partial charge in [-0.15, -0.1) is 12.4 Å². The molecule has 2 saturated heterocycles. The van der Waals surface area contributed by atoms with Crippen LogP contribution in [-0.4, -0.2) is 54.2 Å². The van der Waals surface area contributed by atoms with Crippen LogP contribution >= 0.6 is 12.4 Å². The fraction of sp³-hybridized carbons (Fsp3) is 0.611. The van der Waals surface area contributed by atoms with Crippen LogP contribution in [0, 0.1) is 11.7 Å². The highest BCUT2D eigenvalue weighted by Crippen LogP contribution is 2.20. The molecule has 1 aromatic rings. The summed E-state index contributed by atoms with van der Waals surface area (Å²) in [5, 5.41) is 16.0. The van der Waals surface area contributed by atoms with Gasteiger partial charge in [0.2, 0.25) is 5.91 Å². The summed E-state index contributed by atoms with van der Waals surface area (Å²) in [5.74, 6) is -0.116. The normalized spacial score (nSPS) is 26.9. The lowest BCUT2D eigenvalue weighted by Crippen LogP contribution is -2.50. The van der Waals surface area contributed by atoms with E-state index in [0.717, 1.165) is 37.9 Å². The number of hydrogen-bond donors (Lipinski definition) is 3. The maximum Gasteiger partial charge on any atom is 0.237 e. The van der Waals surface area contributed by atoms with E-state index in [1.54, 1.807) is 12.1 Å². The Hall–Kier alpha value is -1.21. The Bertz CT molecular complexity index is 558. The fourth-order valence-electron chi connectivity index (χ4n) is 3.58. The van der Waals surface area contributed by atoms with E-state index in [-0.39, 0.29) is 42.2 Å². The molecule has 0 aliphatic carbocycles. The van der Waals surface area contributed by atoms with Gasteiger partial charge in [0.15, 0.2) is 0 Å². The van der Waals surface area contributed by atoms with E-state index in [1.165, 1.54) is 12.1 Å². The van der Waals surface area contributed by atoms with Crippen molar-refractivity contribution in [2.75, 3.05) is 26.2 Å². The molecule has 3 rings (SSSR count). The molecular formula is C18H27ClFN3O2. The highest BCUT2D eigenvalue weighted by molar-refractivity contribution is 5.85. The van der Waals surface area contributed by atoms with Gasteiger partial charge in [-0.25, -0.2) is 4.39 Å². The molecule has 0 spiro atoms. The number of nitrogens with one attached hydrogen (secondary N) is 2. The summed E-state index contributed by atoms with van der Waals surface area (Å²) >= 11 is 0. The first-order valence-electron chi connectivity index (χ1n) is 8.78. The number of amides is 1. The maximum absolute atomic E-state index is 13.0. The van der Waals surface area contributed by atoms with Gasteiger partial charge in [-0.05, 0) is 37.1 Å². The largest absolute Gasteiger partial charge is 0.391 e. The topological polar surface area (TPSA) is 64.6 Å². The van der Waals surface area contributed by atoms with Gasteiger partial charge in [0.05, 0.1) is 12.1 Å². The first-order valence-corrected chi connectivity index (χ1v) is 8.78. The molecule has 1 amide bonds. The van der Waals surface area contributed by atoms with E-state index >= 15 is 0 Å². The highest BCUT2D eigenvalue weighted by atomic mass is 35.5. The lowest BCUT2D eigenvalue weighted by molar-refractivity contribution is -0.128. The minimum atomic E-state index is -0.382. The van der Waals surface area contributed by atoms with Crippen LogP contribution in [0.1, 0.15) is 24.8 Å². The van der Waals surface area contributed by atoms with Crippen molar-refractivity contribution >= 4 is 18.3 Å². The summed E-state index contributed by atoms with van der Waals surface area (Å²) in [6.45, 7) is 3.38. The second-order valence-corrected chi connectivity index (χ2v) is 6.84. The molecule has 0 radical (unpaired) electrons. The standard InChI is InChI=1S/C18H26FN3O2.ClH/c19-15-6-4-13(5-7-15)12-22-8-2-1-3-16(22)18(24)21-10-14-9-20-11-17(14)23;/h4-7,14,16-17,20,23H,1-3,8-12H2,(H,21,24);1H. The fourth-order valence-corrected chi connectivity index (χ4v) is 3.58. The SMILES string of the molecule is Cl.O=C(NCC1CNCC1O)C1CCCCN1Cc1ccc(F)cc1. The van der Waals surface area contributed by atoms with E-state index in [0.29, 0.717) is 19.6 Å². The zero-order valence-electron chi connectivity index (χ0n) is 14.3. The molecule has 3 unspecified atom stereocenters. The monoisotopic (exact) mass is 371 g/mol. The first-order chi connectivity index (χ1) is 11.6. The first kappa shape index (κ1) is 20.1. The number of carbonyl (C=O) groups is 1. The minimum absolute atomic E-state index is 0. The van der Waals surface area contributed by atoms with E-state index in [2.05, 4.69) is 15.5 Å². The van der Waals surface area contributed by atoms with Crippen LogP contribution in [0.4, 0.5) is 4.39 Å². The van der Waals surface area contributed by atoms with Crippen molar-refractivity contribution in [1.29, 1.82) is 0 Å². The quantitative estimate of drug-likeness (QED) is 0.730. The van der Waals surface area contributed by atoms with Gasteiger partial charge < -0.3 is 15.7 Å². The number of nitrogens with zero attached hydrogens (tertiary/aromatic N) is 1. The lowest BCUT2D eigenvalue weighted by Gasteiger charge is -2.35. The Morgan fingerprint density at radius 2 is 2.04 bits per heavy atom. The number of aliphatic hydroxyl groups is 1. The zero-order valence-corrected chi connectivity index (χ0v) is 15.1. The van der Waals surface area contributed by atoms with Crippen molar-refractivity contribution in [3.8, 4) is 0 Å². The van der Waals surface area contributed by atoms with Gasteiger partial charge in [-0.2, -0.15) is 0 Å². The molecule has 2 heterocycles. The molecule has 1 aromatic carbocycles. The number of benzene rings is 1. The molecule has 2 fully saturated rings. The number of halogens is 2. The highest BCUT2D eigenvalue weighted by Gasteiger charge is 2.30. The third kappa shape index (κ3) is 5.38. The molecule has 25 heavy (non-hydrogen) atoms. The molecule has 2 aliphatic rings. The van der Waals surface area contributed by atoms with Crippen molar-refractivity contribution in [3.63, 3.8) is 0 Å². The second kappa shape index (κ2) is 9.48. The minimum Gasteiger partial charge on any atom is -0.391 e. The molecule has 3 atom stereocenters. The van der Waals surface area contributed by atoms with Crippen LogP contribution in [0.2, 0.25) is 0 Å². The Balaban J connectivity index is 0.00000225. The average Bonchev–Trinajstić information content (AvgIpc) is 3.00. The van der Waals surface area contributed by atoms with Gasteiger partial charge in [-0.1, -0.05) is 18.6 Å². The van der Waals surface area contributed by atoms with Crippen LogP contribution in [0.25, 0.3) is 0 Å². The Kier molecular flexibility index (Phi) is 7.62. The van der Waals surface area contributed by atoms with Gasteiger partial charge in [-0.3, -0.25) is 9.69 Å². The number of carbonyl (C=O) groups excluding carboxylic acids is 1. The number of β-amino-alcohol motifs (C(OH)–C–C–N with tert-alkyl or cyclic N) is 1. The van der Waals surface area contributed by atoms with Gasteiger partial charge in [0, 0.05) is 32.1 Å². The molecule has 140 valence electrons. The van der Waals surface area contributed by atoms with Crippen LogP contribution in [0.5, 0.6) is 0 Å². The summed E-state index contributed by atoms with van der Waals surface area (Å²) in [6, 6.07) is 6.33. The number of piperidine rings is 1. The maximum atomic E-state index is 13.0. The number of hydrogen-bond acceptors (Lipinski definition) is 4. The Morgan fingerprint density at radius 1 is 1.28 bits per heavy atom. The summed E-state index contributed by atoms with van der Waals surface area (Å²) in [6.07, 6.45) is 2.59. The van der Waals surface area contributed by atoms with Crippen molar-refractivity contribution in [2.45, 2.75) is 38.0 Å². The van der Waals surface area contributed by atoms with Crippen LogP contribution in [0.15, 0.2) is 24.3 Å². The van der Waals surface area contributed by atoms with E-state index in [9.17, 15) is 14.3 Å². The van der Waals surface area contributed by atoms with E-state index in [4.69, 9.17) is 0 Å². The number of likely N-dealkylation sites (tertiary alicyclic amines) is 1. The summed E-state index contributed by atoms with van der Waals surface area (Å²) < 4.78 is 13.0. The van der Waals surface area contributed by atoms with E-state index < -0.39 is 0 Å². The molecule has 3 N–H and O–H groups in total. The lowest BCUT2D eigenvalue weighted by atomic mass is 9.99. The zero-order chi connectivity index (χ0) is 16.9. The number of aliphatic hydroxyl groups excluding tert-OH is 1. The smallest absolute Gasteiger partial charge is 0.237 e. The van der Waals surface area contributed by atoms with Crippen LogP contribution < -0.4 is 10.6 Å². The van der Waals surface area contributed by atoms with Gasteiger partial charge in [0.25, 0.3) is 0 Å². The third-order valence-corrected chi connectivity index (χ3v) is 5.06. The molecule has 0 aromatic heterocycles. The van der Waals surface area contributed by atoms with Crippen LogP contribution in [-0.2, 0) is 11.3 Å². The molecular weight excluding hydrogens is 345 g/mol. The molecule has 2 aliphatic heterocycles. The Labute approximate surface area is 154 Å². The molecule has 0 bridgehead atoms. The number of rotatable bonds is 5. The van der Waals surface area contributed by atoms with Crippen molar-refractivity contribution < 1.29 is 14.3 Å². The molecule has 7 heteroatoms. The predicted octanol–water partition coefficient (Wildman–Crippen LogP) is 1.30. The van der Waals surface area contributed by atoms with Crippen molar-refractivity contribution in [2.24, 2.45) is 5.92 Å². The summed E-state index contributed by atoms with van der Waals surface area (Å²) in [4.78, 5) is 14.8. The second-order valence-electron chi connectivity index (χ2n) is 6.84. The average molecular weight is 372 g/mol. The van der Waals surface area contributed by atoms with Gasteiger partial charge >= 0.3 is 0 Å². The Morgan fingerprint density at radius 3 is 2.72 bits per heavy atom. The van der Waals surface area contributed by atoms with Crippen molar-refractivity contribution in [1.82, 2.24) is 15.5 Å². The van der Waals surface area contributed by atoms with Crippen molar-refractivity contribution in [3.05, 3.63) is 35.6 Å². The van der Waals surface area contributed by atoms with Crippen LogP contribution in [0.3, 0.4) is 0 Å². The van der Waals surface area contributed by atoms with E-state index in [1.807, 2.05) is 0 Å². The molecule has 0 saturated carbocycles. The third-order valence-electron chi connectivity index (χ3n) is 5.06. The summed E-state index contributed by atoms with van der Waals surface area (Å²) in [5.41, 5.74) is 1.02. The summed E-state index contributed by atoms with van der Waals surface area (Å²) in [7, 11) is 0. The predicted molar refractivity (Wildman–Crippen MR) is 97.1 cm³/mol.